The molecule has 0 unspecified atom stereocenters. The maximum Gasteiger partial charge on any atom is 0.446 e. The van der Waals surface area contributed by atoms with Gasteiger partial charge in [-0.2, -0.15) is 8.42 Å². The van der Waals surface area contributed by atoms with Crippen LogP contribution in [-0.2, 0) is 24.7 Å². The molecule has 6 rings (SSSR count). The average molecular weight is 745 g/mol. The van der Waals surface area contributed by atoms with Gasteiger partial charge in [0.05, 0.1) is 32.4 Å². The zero-order valence-corrected chi connectivity index (χ0v) is 29.2. The molecular formula is C35H38F2N4O10S. The second-order valence-electron chi connectivity index (χ2n) is 12.2. The van der Waals surface area contributed by atoms with Gasteiger partial charge in [-0.15, -0.1) is 0 Å². The molecule has 0 radical (unpaired) electrons. The van der Waals surface area contributed by atoms with E-state index in [1.54, 1.807) is 44.5 Å². The molecule has 278 valence electrons. The second kappa shape index (κ2) is 16.9. The number of halogens is 2. The Hall–Kier alpha value is -5.10. The van der Waals surface area contributed by atoms with Crippen LogP contribution in [0.3, 0.4) is 0 Å². The molecule has 2 aliphatic rings. The minimum Gasteiger partial charge on any atom is -0.493 e. The summed E-state index contributed by atoms with van der Waals surface area (Å²) in [6.45, 7) is 6.73. The third kappa shape index (κ3) is 10.5. The van der Waals surface area contributed by atoms with Crippen LogP contribution in [-0.4, -0.2) is 81.7 Å². The van der Waals surface area contributed by atoms with E-state index in [9.17, 15) is 26.8 Å². The first-order valence-corrected chi connectivity index (χ1v) is 17.6. The van der Waals surface area contributed by atoms with E-state index in [0.29, 0.717) is 46.9 Å². The van der Waals surface area contributed by atoms with Crippen molar-refractivity contribution in [1.82, 2.24) is 9.88 Å². The number of benzene rings is 3. The van der Waals surface area contributed by atoms with Crippen molar-refractivity contribution in [3.8, 4) is 28.7 Å². The minimum atomic E-state index is -4.81. The second-order valence-corrected chi connectivity index (χ2v) is 13.2. The van der Waals surface area contributed by atoms with Gasteiger partial charge in [0.1, 0.15) is 5.75 Å². The Bertz CT molecular complexity index is 2010. The Morgan fingerprint density at radius 3 is 2.40 bits per heavy atom. The van der Waals surface area contributed by atoms with Crippen LogP contribution in [0.25, 0.3) is 10.9 Å². The lowest BCUT2D eigenvalue weighted by molar-refractivity contribution is -0.120. The number of nitrogens with zero attached hydrogens (tertiary/aromatic N) is 2. The molecule has 2 fully saturated rings. The number of carbonyl (C=O) groups excluding carboxylic acids is 2. The highest BCUT2D eigenvalue weighted by Crippen LogP contribution is 2.46. The topological polar surface area (TPSA) is 175 Å². The van der Waals surface area contributed by atoms with Gasteiger partial charge in [-0.25, -0.2) is 8.78 Å². The molecule has 1 aliphatic heterocycles. The lowest BCUT2D eigenvalue weighted by Crippen LogP contribution is -2.37. The summed E-state index contributed by atoms with van der Waals surface area (Å²) >= 11 is 0. The van der Waals surface area contributed by atoms with E-state index in [2.05, 4.69) is 24.7 Å². The maximum atomic E-state index is 14.4. The lowest BCUT2D eigenvalue weighted by Gasteiger charge is -2.26. The fourth-order valence-corrected chi connectivity index (χ4v) is 5.45. The summed E-state index contributed by atoms with van der Waals surface area (Å²) in [6, 6.07) is 12.6. The van der Waals surface area contributed by atoms with Gasteiger partial charge in [-0.3, -0.25) is 24.0 Å². The molecule has 2 amide bonds. The van der Waals surface area contributed by atoms with Gasteiger partial charge in [0.2, 0.25) is 12.3 Å². The fourth-order valence-electron chi connectivity index (χ4n) is 5.10. The zero-order chi connectivity index (χ0) is 37.3. The number of morpholine rings is 1. The van der Waals surface area contributed by atoms with Gasteiger partial charge >= 0.3 is 10.4 Å². The maximum absolute atomic E-state index is 14.4. The highest BCUT2D eigenvalue weighted by molar-refractivity contribution is 7.81. The molecule has 17 heteroatoms. The number of anilines is 2. The Morgan fingerprint density at radius 1 is 0.981 bits per heavy atom. The smallest absolute Gasteiger partial charge is 0.446 e. The standard InChI is InChI=1S/C24H26FN3O5.C11H12FNO5S/c1-30-23-14-18-20(15-24(23)32-10-2-7-28-8-11-31-12-9-28)26-6-5-21(18)33-22-4-3-17(27-16-29)13-19(22)25;1-11(4-5-11)10(14)13-7-2-3-8(12)9(6-7)18-19(15,16)17/h3-6,13-16H,2,7-12H2,1H3,(H,27,29);2-3,6H,4-5H2,1H3,(H,13,14)(H,15,16,17). The van der Waals surface area contributed by atoms with E-state index < -0.39 is 33.2 Å². The monoisotopic (exact) mass is 744 g/mol. The highest BCUT2D eigenvalue weighted by atomic mass is 32.3. The van der Waals surface area contributed by atoms with Gasteiger partial charge in [0.15, 0.2) is 34.6 Å². The Labute approximate surface area is 298 Å². The summed E-state index contributed by atoms with van der Waals surface area (Å²) in [5, 5.41) is 5.60. The number of amides is 2. The van der Waals surface area contributed by atoms with Crippen LogP contribution in [0, 0.1) is 17.0 Å². The Kier molecular flexibility index (Phi) is 12.4. The summed E-state index contributed by atoms with van der Waals surface area (Å²) in [4.78, 5) is 29.1. The SMILES string of the molecule is CC1(C(=O)Nc2ccc(F)c(OS(=O)(=O)O)c2)CC1.COc1cc2c(Oc3ccc(NC=O)cc3F)ccnc2cc1OCCCN1CCOCC1. The molecule has 0 atom stereocenters. The summed E-state index contributed by atoms with van der Waals surface area (Å²) in [5.74, 6) is -0.885. The average Bonchev–Trinajstić information content (AvgIpc) is 3.87. The quantitative estimate of drug-likeness (QED) is 0.0831. The highest BCUT2D eigenvalue weighted by Gasteiger charge is 2.44. The summed E-state index contributed by atoms with van der Waals surface area (Å²) in [6.07, 6.45) is 4.50. The van der Waals surface area contributed by atoms with Crippen LogP contribution in [0.1, 0.15) is 26.2 Å². The number of methoxy groups -OCH3 is 1. The van der Waals surface area contributed by atoms with E-state index in [4.69, 9.17) is 23.5 Å². The molecule has 0 bridgehead atoms. The molecule has 4 aromatic rings. The number of nitrogens with one attached hydrogen (secondary N) is 2. The Balaban J connectivity index is 0.000000233. The zero-order valence-electron chi connectivity index (χ0n) is 28.4. The van der Waals surface area contributed by atoms with E-state index >= 15 is 0 Å². The molecule has 14 nitrogen and oxygen atoms in total. The summed E-state index contributed by atoms with van der Waals surface area (Å²) in [7, 11) is -3.25. The number of ether oxygens (including phenoxy) is 4. The van der Waals surface area contributed by atoms with E-state index in [0.717, 1.165) is 64.2 Å². The van der Waals surface area contributed by atoms with Crippen LogP contribution < -0.4 is 29.0 Å². The molecule has 1 saturated carbocycles. The van der Waals surface area contributed by atoms with E-state index in [1.807, 2.05) is 0 Å². The van der Waals surface area contributed by atoms with E-state index in [-0.39, 0.29) is 17.3 Å². The van der Waals surface area contributed by atoms with Crippen LogP contribution in [0.5, 0.6) is 28.7 Å². The number of carbonyl (C=O) groups is 2. The van der Waals surface area contributed by atoms with Crippen molar-refractivity contribution in [3.63, 3.8) is 0 Å². The molecule has 1 aromatic heterocycles. The van der Waals surface area contributed by atoms with Gasteiger partial charge < -0.3 is 33.8 Å². The number of aromatic nitrogens is 1. The largest absolute Gasteiger partial charge is 0.493 e. The van der Waals surface area contributed by atoms with Crippen molar-refractivity contribution in [1.29, 1.82) is 0 Å². The first kappa shape index (κ1) is 38.1. The molecule has 0 spiro atoms. The molecule has 2 heterocycles. The molecular weight excluding hydrogens is 706 g/mol. The summed E-state index contributed by atoms with van der Waals surface area (Å²) in [5.41, 5.74) is 0.749. The predicted octanol–water partition coefficient (Wildman–Crippen LogP) is 5.59. The molecule has 52 heavy (non-hydrogen) atoms. The number of fused-ring (bicyclic) bond motifs is 1. The molecule has 1 aliphatic carbocycles. The van der Waals surface area contributed by atoms with Crippen molar-refractivity contribution < 1.29 is 54.5 Å². The molecule has 3 aromatic carbocycles. The van der Waals surface area contributed by atoms with Gasteiger partial charge in [0, 0.05) is 66.2 Å². The van der Waals surface area contributed by atoms with Crippen LogP contribution >= 0.6 is 0 Å². The van der Waals surface area contributed by atoms with Crippen molar-refractivity contribution in [2.24, 2.45) is 5.41 Å². The third-order valence-corrected chi connectivity index (χ3v) is 8.67. The first-order valence-electron chi connectivity index (χ1n) is 16.2. The van der Waals surface area contributed by atoms with Gasteiger partial charge in [-0.05, 0) is 55.7 Å². The van der Waals surface area contributed by atoms with Crippen molar-refractivity contribution in [2.75, 3.05) is 57.2 Å². The van der Waals surface area contributed by atoms with Crippen molar-refractivity contribution >= 4 is 45.0 Å². The van der Waals surface area contributed by atoms with Crippen LogP contribution in [0.4, 0.5) is 20.2 Å². The van der Waals surface area contributed by atoms with Crippen molar-refractivity contribution in [3.05, 3.63) is 72.4 Å². The predicted molar refractivity (Wildman–Crippen MR) is 186 cm³/mol. The number of rotatable bonds is 14. The number of pyridine rings is 1. The first-order chi connectivity index (χ1) is 24.9. The Morgan fingerprint density at radius 2 is 1.73 bits per heavy atom. The molecule has 3 N–H and O–H groups in total. The van der Waals surface area contributed by atoms with Gasteiger partial charge in [-0.1, -0.05) is 6.92 Å². The van der Waals surface area contributed by atoms with Crippen LogP contribution in [0.15, 0.2) is 60.8 Å². The van der Waals surface area contributed by atoms with Crippen molar-refractivity contribution in [2.45, 2.75) is 26.2 Å². The third-order valence-electron chi connectivity index (χ3n) is 8.28. The summed E-state index contributed by atoms with van der Waals surface area (Å²) < 4.78 is 84.0. The van der Waals surface area contributed by atoms with Gasteiger partial charge in [0.25, 0.3) is 0 Å². The fraction of sp³-hybridized carbons (Fsp3) is 0.343. The normalized spacial score (nSPS) is 15.1. The number of hydrogen-bond acceptors (Lipinski definition) is 11. The lowest BCUT2D eigenvalue weighted by atomic mass is 10.1. The van der Waals surface area contributed by atoms with Crippen LogP contribution in [0.2, 0.25) is 0 Å². The van der Waals surface area contributed by atoms with E-state index in [1.165, 1.54) is 18.2 Å². The minimum absolute atomic E-state index is 0.0290. The molecule has 1 saturated heterocycles. The number of hydrogen-bond donors (Lipinski definition) is 3.